The highest BCUT2D eigenvalue weighted by Crippen LogP contribution is 2.16. The van der Waals surface area contributed by atoms with Gasteiger partial charge in [0.1, 0.15) is 12.4 Å². The molecule has 0 fully saturated rings. The maximum absolute atomic E-state index is 12.1. The van der Waals surface area contributed by atoms with Crippen LogP contribution in [0.4, 0.5) is 13.2 Å². The van der Waals surface area contributed by atoms with Crippen molar-refractivity contribution < 1.29 is 23.0 Å². The van der Waals surface area contributed by atoms with Crippen LogP contribution >= 0.6 is 0 Å². The molecule has 116 valence electrons. The van der Waals surface area contributed by atoms with Crippen LogP contribution in [0.5, 0.6) is 5.75 Å². The van der Waals surface area contributed by atoms with Crippen LogP contribution in [0.1, 0.15) is 12.0 Å². The first-order valence-electron chi connectivity index (χ1n) is 6.48. The van der Waals surface area contributed by atoms with Crippen molar-refractivity contribution in [2.24, 2.45) is 0 Å². The van der Waals surface area contributed by atoms with Crippen molar-refractivity contribution in [2.75, 3.05) is 33.4 Å². The van der Waals surface area contributed by atoms with E-state index in [9.17, 15) is 13.2 Å². The zero-order chi connectivity index (χ0) is 15.7. The molecule has 6 heteroatoms. The van der Waals surface area contributed by atoms with Crippen LogP contribution in [-0.2, 0) is 0 Å². The predicted molar refractivity (Wildman–Crippen MR) is 74.1 cm³/mol. The van der Waals surface area contributed by atoms with Gasteiger partial charge in [-0.3, -0.25) is 4.90 Å². The second-order valence-corrected chi connectivity index (χ2v) is 4.50. The largest absolute Gasteiger partial charge is 0.492 e. The monoisotopic (exact) mass is 301 g/mol. The molecule has 0 bridgehead atoms. The third-order valence-electron chi connectivity index (χ3n) is 2.49. The Labute approximate surface area is 122 Å². The fraction of sp³-hybridized carbons (Fsp3) is 0.467. The fourth-order valence-electron chi connectivity index (χ4n) is 1.59. The number of alkyl halides is 3. The normalized spacial score (nSPS) is 11.1. The van der Waals surface area contributed by atoms with Gasteiger partial charge in [0, 0.05) is 18.5 Å². The number of benzene rings is 1. The molecule has 0 aliphatic heterocycles. The maximum Gasteiger partial charge on any atom is 0.401 e. The molecule has 0 saturated heterocycles. The smallest absolute Gasteiger partial charge is 0.401 e. The molecule has 3 nitrogen and oxygen atoms in total. The lowest BCUT2D eigenvalue weighted by Gasteiger charge is -2.18. The average molecular weight is 301 g/mol. The van der Waals surface area contributed by atoms with Gasteiger partial charge in [0.25, 0.3) is 0 Å². The molecule has 0 atom stereocenters. The Morgan fingerprint density at radius 1 is 1.33 bits per heavy atom. The summed E-state index contributed by atoms with van der Waals surface area (Å²) in [6, 6.07) is 7.00. The molecule has 0 aliphatic rings. The lowest BCUT2D eigenvalue weighted by atomic mass is 10.2. The Morgan fingerprint density at radius 3 is 2.76 bits per heavy atom. The molecular weight excluding hydrogens is 283 g/mol. The molecule has 0 heterocycles. The van der Waals surface area contributed by atoms with E-state index in [1.165, 1.54) is 7.05 Å². The van der Waals surface area contributed by atoms with Crippen LogP contribution in [0.25, 0.3) is 0 Å². The van der Waals surface area contributed by atoms with Crippen LogP contribution in [0.15, 0.2) is 24.3 Å². The van der Waals surface area contributed by atoms with Gasteiger partial charge in [-0.05, 0) is 25.2 Å². The van der Waals surface area contributed by atoms with Gasteiger partial charge in [0.05, 0.1) is 13.2 Å². The Kier molecular flexibility index (Phi) is 7.06. The van der Waals surface area contributed by atoms with Gasteiger partial charge in [-0.1, -0.05) is 17.9 Å². The SMILES string of the molecule is CN(CCOc1cccc(C#CCCO)c1)CC(F)(F)F. The molecule has 1 aromatic carbocycles. The zero-order valence-electron chi connectivity index (χ0n) is 11.8. The first-order valence-corrected chi connectivity index (χ1v) is 6.48. The molecule has 1 aromatic rings. The van der Waals surface area contributed by atoms with E-state index < -0.39 is 12.7 Å². The van der Waals surface area contributed by atoms with Crippen LogP contribution in [0, 0.1) is 11.8 Å². The summed E-state index contributed by atoms with van der Waals surface area (Å²) in [6.45, 7) is -0.599. The molecule has 0 radical (unpaired) electrons. The Balaban J connectivity index is 2.42. The number of aliphatic hydroxyl groups excluding tert-OH is 1. The first-order chi connectivity index (χ1) is 9.90. The minimum Gasteiger partial charge on any atom is -0.492 e. The van der Waals surface area contributed by atoms with E-state index in [1.54, 1.807) is 24.3 Å². The Morgan fingerprint density at radius 2 is 2.10 bits per heavy atom. The molecule has 0 aromatic heterocycles. The molecule has 0 aliphatic carbocycles. The standard InChI is InChI=1S/C15H18F3NO2/c1-19(12-15(16,17)18)8-10-21-14-7-4-6-13(11-14)5-2-3-9-20/h4,6-7,11,20H,3,8-10,12H2,1H3. The van der Waals surface area contributed by atoms with Crippen LogP contribution in [0.2, 0.25) is 0 Å². The lowest BCUT2D eigenvalue weighted by molar-refractivity contribution is -0.143. The molecule has 21 heavy (non-hydrogen) atoms. The van der Waals surface area contributed by atoms with Crippen molar-refractivity contribution in [3.63, 3.8) is 0 Å². The van der Waals surface area contributed by atoms with Crippen LogP contribution in [0.3, 0.4) is 0 Å². The highest BCUT2D eigenvalue weighted by atomic mass is 19.4. The summed E-state index contributed by atoms with van der Waals surface area (Å²) in [5, 5.41) is 8.64. The predicted octanol–water partition coefficient (Wildman–Crippen LogP) is 2.29. The van der Waals surface area contributed by atoms with Crippen molar-refractivity contribution in [3.8, 4) is 17.6 Å². The third-order valence-corrected chi connectivity index (χ3v) is 2.49. The highest BCUT2D eigenvalue weighted by molar-refractivity contribution is 5.39. The second-order valence-electron chi connectivity index (χ2n) is 4.50. The van der Waals surface area contributed by atoms with Gasteiger partial charge in [-0.2, -0.15) is 13.2 Å². The van der Waals surface area contributed by atoms with Gasteiger partial charge in [-0.25, -0.2) is 0 Å². The fourth-order valence-corrected chi connectivity index (χ4v) is 1.59. The van der Waals surface area contributed by atoms with Crippen LogP contribution in [-0.4, -0.2) is 49.5 Å². The summed E-state index contributed by atoms with van der Waals surface area (Å²) < 4.78 is 41.8. The number of likely N-dealkylation sites (N-methyl/N-ethyl adjacent to an activating group) is 1. The van der Waals surface area contributed by atoms with Crippen LogP contribution < -0.4 is 4.74 Å². The van der Waals surface area contributed by atoms with E-state index >= 15 is 0 Å². The van der Waals surface area contributed by atoms with Gasteiger partial charge in [0.15, 0.2) is 0 Å². The molecule has 0 spiro atoms. The number of ether oxygens (including phenoxy) is 1. The van der Waals surface area contributed by atoms with Crippen molar-refractivity contribution in [3.05, 3.63) is 29.8 Å². The van der Waals surface area contributed by atoms with E-state index in [4.69, 9.17) is 9.84 Å². The number of halogens is 3. The third kappa shape index (κ3) is 8.23. The zero-order valence-corrected chi connectivity index (χ0v) is 11.8. The maximum atomic E-state index is 12.1. The summed E-state index contributed by atoms with van der Waals surface area (Å²) in [7, 11) is 1.40. The van der Waals surface area contributed by atoms with Gasteiger partial charge in [-0.15, -0.1) is 0 Å². The molecular formula is C15H18F3NO2. The number of hydrogen-bond donors (Lipinski definition) is 1. The average Bonchev–Trinajstić information content (AvgIpc) is 2.37. The van der Waals surface area contributed by atoms with E-state index in [2.05, 4.69) is 11.8 Å². The lowest BCUT2D eigenvalue weighted by Crippen LogP contribution is -2.33. The van der Waals surface area contributed by atoms with E-state index in [0.717, 1.165) is 10.5 Å². The second kappa shape index (κ2) is 8.55. The molecule has 0 amide bonds. The Bertz CT molecular complexity index is 492. The number of hydrogen-bond acceptors (Lipinski definition) is 3. The van der Waals surface area contributed by atoms with E-state index in [0.29, 0.717) is 12.2 Å². The first kappa shape index (κ1) is 17.3. The van der Waals surface area contributed by atoms with Crippen molar-refractivity contribution in [2.45, 2.75) is 12.6 Å². The van der Waals surface area contributed by atoms with E-state index in [1.807, 2.05) is 0 Å². The highest BCUT2D eigenvalue weighted by Gasteiger charge is 2.28. The summed E-state index contributed by atoms with van der Waals surface area (Å²) in [5.41, 5.74) is 0.740. The van der Waals surface area contributed by atoms with Crippen molar-refractivity contribution >= 4 is 0 Å². The topological polar surface area (TPSA) is 32.7 Å². The van der Waals surface area contributed by atoms with E-state index in [-0.39, 0.29) is 19.8 Å². The minimum absolute atomic E-state index is 0.00866. The van der Waals surface area contributed by atoms with Gasteiger partial charge >= 0.3 is 6.18 Å². The van der Waals surface area contributed by atoms with Crippen molar-refractivity contribution in [1.29, 1.82) is 0 Å². The summed E-state index contributed by atoms with van der Waals surface area (Å²) in [6.07, 6.45) is -3.80. The molecule has 0 unspecified atom stereocenters. The Hall–Kier alpha value is -1.71. The van der Waals surface area contributed by atoms with Gasteiger partial charge in [0.2, 0.25) is 0 Å². The molecule has 0 saturated carbocycles. The summed E-state index contributed by atoms with van der Waals surface area (Å²) >= 11 is 0. The summed E-state index contributed by atoms with van der Waals surface area (Å²) in [5.74, 6) is 6.22. The molecule has 1 rings (SSSR count). The quantitative estimate of drug-likeness (QED) is 0.818. The van der Waals surface area contributed by atoms with Gasteiger partial charge < -0.3 is 9.84 Å². The van der Waals surface area contributed by atoms with Crippen molar-refractivity contribution in [1.82, 2.24) is 4.90 Å². The number of aliphatic hydroxyl groups is 1. The number of nitrogens with zero attached hydrogens (tertiary/aromatic N) is 1. The summed E-state index contributed by atoms with van der Waals surface area (Å²) in [4.78, 5) is 1.16. The minimum atomic E-state index is -4.20. The molecule has 1 N–H and O–H groups in total. The number of rotatable bonds is 6.